The van der Waals surface area contributed by atoms with Gasteiger partial charge in [-0.3, -0.25) is 0 Å². The van der Waals surface area contributed by atoms with Gasteiger partial charge in [-0.25, -0.2) is 0 Å². The Labute approximate surface area is 87.8 Å². The molecule has 0 fully saturated rings. The zero-order chi connectivity index (χ0) is 10.4. The van der Waals surface area contributed by atoms with Crippen molar-refractivity contribution in [2.75, 3.05) is 13.4 Å². The standard InChI is InChI=1S/C10H10ClNO2/c1-2-13-7-14-10-5-9(11)4-3-8(10)6-12/h3-5H,2,7H2,1H3. The average Bonchev–Trinajstić information content (AvgIpc) is 2.19. The molecule has 74 valence electrons. The fourth-order valence-electron chi connectivity index (χ4n) is 0.896. The Bertz CT molecular complexity index is 346. The van der Waals surface area contributed by atoms with Crippen LogP contribution in [0.25, 0.3) is 0 Å². The molecule has 0 aromatic heterocycles. The largest absolute Gasteiger partial charge is 0.466 e. The van der Waals surface area contributed by atoms with E-state index in [1.165, 1.54) is 0 Å². The lowest BCUT2D eigenvalue weighted by Crippen LogP contribution is -2.03. The molecule has 0 N–H and O–H groups in total. The summed E-state index contributed by atoms with van der Waals surface area (Å²) >= 11 is 5.76. The number of nitrogens with zero attached hydrogens (tertiary/aromatic N) is 1. The van der Waals surface area contributed by atoms with Crippen LogP contribution in [0.1, 0.15) is 12.5 Å². The molecular weight excluding hydrogens is 202 g/mol. The van der Waals surface area contributed by atoms with Crippen molar-refractivity contribution in [1.82, 2.24) is 0 Å². The molecule has 1 aromatic rings. The first kappa shape index (κ1) is 10.8. The van der Waals surface area contributed by atoms with Crippen LogP contribution in [0, 0.1) is 11.3 Å². The van der Waals surface area contributed by atoms with Crippen LogP contribution in [0.4, 0.5) is 0 Å². The first-order chi connectivity index (χ1) is 6.77. The van der Waals surface area contributed by atoms with Crippen LogP contribution in [-0.4, -0.2) is 13.4 Å². The van der Waals surface area contributed by atoms with Gasteiger partial charge in [0, 0.05) is 17.7 Å². The van der Waals surface area contributed by atoms with Crippen LogP contribution in [0.2, 0.25) is 5.02 Å². The quantitative estimate of drug-likeness (QED) is 0.568. The van der Waals surface area contributed by atoms with E-state index < -0.39 is 0 Å². The van der Waals surface area contributed by atoms with Crippen LogP contribution >= 0.6 is 11.6 Å². The van der Waals surface area contributed by atoms with Crippen LogP contribution in [0.3, 0.4) is 0 Å². The second-order valence-corrected chi connectivity index (χ2v) is 2.94. The molecule has 0 amide bonds. The SMILES string of the molecule is CCOCOc1cc(Cl)ccc1C#N. The number of rotatable bonds is 4. The molecule has 0 saturated heterocycles. The Morgan fingerprint density at radius 3 is 2.93 bits per heavy atom. The number of ether oxygens (including phenoxy) is 2. The minimum absolute atomic E-state index is 0.130. The summed E-state index contributed by atoms with van der Waals surface area (Å²) in [4.78, 5) is 0. The second kappa shape index (κ2) is 5.48. The molecule has 0 atom stereocenters. The predicted molar refractivity (Wildman–Crippen MR) is 53.3 cm³/mol. The lowest BCUT2D eigenvalue weighted by molar-refractivity contribution is 0.0222. The number of benzene rings is 1. The van der Waals surface area contributed by atoms with Gasteiger partial charge in [0.2, 0.25) is 0 Å². The summed E-state index contributed by atoms with van der Waals surface area (Å²) < 4.78 is 10.2. The molecule has 0 radical (unpaired) electrons. The summed E-state index contributed by atoms with van der Waals surface area (Å²) in [5, 5.41) is 9.29. The van der Waals surface area contributed by atoms with Gasteiger partial charge < -0.3 is 9.47 Å². The smallest absolute Gasteiger partial charge is 0.189 e. The van der Waals surface area contributed by atoms with Crippen molar-refractivity contribution in [2.45, 2.75) is 6.92 Å². The maximum Gasteiger partial charge on any atom is 0.189 e. The van der Waals surface area contributed by atoms with Gasteiger partial charge in [0.05, 0.1) is 5.56 Å². The fourth-order valence-corrected chi connectivity index (χ4v) is 1.06. The van der Waals surface area contributed by atoms with Crippen molar-refractivity contribution in [3.8, 4) is 11.8 Å². The van der Waals surface area contributed by atoms with E-state index in [1.807, 2.05) is 13.0 Å². The van der Waals surface area contributed by atoms with Gasteiger partial charge in [0.25, 0.3) is 0 Å². The Hall–Kier alpha value is -1.24. The topological polar surface area (TPSA) is 42.2 Å². The molecule has 0 aliphatic rings. The van der Waals surface area contributed by atoms with E-state index in [2.05, 4.69) is 0 Å². The van der Waals surface area contributed by atoms with E-state index in [0.717, 1.165) is 0 Å². The summed E-state index contributed by atoms with van der Waals surface area (Å²) in [6, 6.07) is 6.87. The molecule has 0 spiro atoms. The zero-order valence-electron chi connectivity index (χ0n) is 7.79. The first-order valence-electron chi connectivity index (χ1n) is 4.18. The van der Waals surface area contributed by atoms with Crippen molar-refractivity contribution >= 4 is 11.6 Å². The molecule has 0 aliphatic carbocycles. The number of hydrogen-bond acceptors (Lipinski definition) is 3. The summed E-state index contributed by atoms with van der Waals surface area (Å²) in [5.41, 5.74) is 0.453. The third-order valence-corrected chi connectivity index (χ3v) is 1.80. The highest BCUT2D eigenvalue weighted by Gasteiger charge is 2.03. The van der Waals surface area contributed by atoms with Crippen LogP contribution in [0.5, 0.6) is 5.75 Å². The van der Waals surface area contributed by atoms with E-state index >= 15 is 0 Å². The number of hydrogen-bond donors (Lipinski definition) is 0. The molecular formula is C10H10ClNO2. The molecule has 3 nitrogen and oxygen atoms in total. The fraction of sp³-hybridized carbons (Fsp3) is 0.300. The molecule has 1 rings (SSSR count). The highest BCUT2D eigenvalue weighted by atomic mass is 35.5. The van der Waals surface area contributed by atoms with E-state index in [-0.39, 0.29) is 6.79 Å². The van der Waals surface area contributed by atoms with E-state index in [1.54, 1.807) is 18.2 Å². The average molecular weight is 212 g/mol. The van der Waals surface area contributed by atoms with E-state index in [9.17, 15) is 0 Å². The summed E-state index contributed by atoms with van der Waals surface area (Å²) in [6.07, 6.45) is 0. The van der Waals surface area contributed by atoms with Gasteiger partial charge in [-0.1, -0.05) is 11.6 Å². The molecule has 0 saturated carbocycles. The van der Waals surface area contributed by atoms with E-state index in [0.29, 0.717) is 22.9 Å². The number of nitriles is 1. The van der Waals surface area contributed by atoms with Gasteiger partial charge in [-0.15, -0.1) is 0 Å². The molecule has 0 unspecified atom stereocenters. The minimum Gasteiger partial charge on any atom is -0.466 e. The molecule has 4 heteroatoms. The van der Waals surface area contributed by atoms with Crippen molar-refractivity contribution in [3.63, 3.8) is 0 Å². The van der Waals surface area contributed by atoms with Crippen LogP contribution < -0.4 is 4.74 Å². The van der Waals surface area contributed by atoms with Crippen LogP contribution in [-0.2, 0) is 4.74 Å². The van der Waals surface area contributed by atoms with Crippen LogP contribution in [0.15, 0.2) is 18.2 Å². The predicted octanol–water partition coefficient (Wildman–Crippen LogP) is 2.58. The first-order valence-corrected chi connectivity index (χ1v) is 4.56. The third-order valence-electron chi connectivity index (χ3n) is 1.57. The van der Waals surface area contributed by atoms with Gasteiger partial charge in [-0.05, 0) is 19.1 Å². The summed E-state index contributed by atoms with van der Waals surface area (Å²) in [7, 11) is 0. The Morgan fingerprint density at radius 2 is 2.29 bits per heavy atom. The number of halogens is 1. The highest BCUT2D eigenvalue weighted by molar-refractivity contribution is 6.30. The molecule has 1 aromatic carbocycles. The summed E-state index contributed by atoms with van der Waals surface area (Å²) in [6.45, 7) is 2.57. The Morgan fingerprint density at radius 1 is 1.50 bits per heavy atom. The molecule has 0 heterocycles. The Kier molecular flexibility index (Phi) is 4.24. The normalized spacial score (nSPS) is 9.50. The molecule has 0 aliphatic heterocycles. The highest BCUT2D eigenvalue weighted by Crippen LogP contribution is 2.22. The van der Waals surface area contributed by atoms with Gasteiger partial charge >= 0.3 is 0 Å². The monoisotopic (exact) mass is 211 g/mol. The molecule has 0 bridgehead atoms. The zero-order valence-corrected chi connectivity index (χ0v) is 8.54. The second-order valence-electron chi connectivity index (χ2n) is 2.51. The van der Waals surface area contributed by atoms with Gasteiger partial charge in [-0.2, -0.15) is 5.26 Å². The van der Waals surface area contributed by atoms with Crippen molar-refractivity contribution in [1.29, 1.82) is 5.26 Å². The van der Waals surface area contributed by atoms with Crippen molar-refractivity contribution in [2.24, 2.45) is 0 Å². The summed E-state index contributed by atoms with van der Waals surface area (Å²) in [5.74, 6) is 0.452. The van der Waals surface area contributed by atoms with E-state index in [4.69, 9.17) is 26.3 Å². The van der Waals surface area contributed by atoms with Crippen molar-refractivity contribution < 1.29 is 9.47 Å². The van der Waals surface area contributed by atoms with Gasteiger partial charge in [0.15, 0.2) is 6.79 Å². The maximum atomic E-state index is 8.75. The minimum atomic E-state index is 0.130. The van der Waals surface area contributed by atoms with Crippen molar-refractivity contribution in [3.05, 3.63) is 28.8 Å². The van der Waals surface area contributed by atoms with Gasteiger partial charge in [0.1, 0.15) is 11.8 Å². The lowest BCUT2D eigenvalue weighted by atomic mass is 10.2. The maximum absolute atomic E-state index is 8.75. The third kappa shape index (κ3) is 2.91. The molecule has 14 heavy (non-hydrogen) atoms. The lowest BCUT2D eigenvalue weighted by Gasteiger charge is -2.07. The Balaban J connectivity index is 2.73.